The van der Waals surface area contributed by atoms with Crippen LogP contribution >= 0.6 is 11.6 Å². The molecule has 0 spiro atoms. The average molecular weight is 216 g/mol. The number of hydrogen-bond donors (Lipinski definition) is 3. The Bertz CT molecular complexity index is 315. The van der Waals surface area contributed by atoms with E-state index >= 15 is 0 Å². The van der Waals surface area contributed by atoms with Gasteiger partial charge in [-0.3, -0.25) is 10.2 Å². The van der Waals surface area contributed by atoms with Crippen molar-refractivity contribution in [2.24, 2.45) is 5.84 Å². The molecule has 4 nitrogen and oxygen atoms in total. The van der Waals surface area contributed by atoms with Crippen LogP contribution in [0.15, 0.2) is 18.2 Å². The van der Waals surface area contributed by atoms with Crippen LogP contribution in [0, 0.1) is 0 Å². The predicted molar refractivity (Wildman–Crippen MR) is 58.9 cm³/mol. The summed E-state index contributed by atoms with van der Waals surface area (Å²) in [5.74, 6) is 4.48. The minimum Gasteiger partial charge on any atom is -0.397 e. The van der Waals surface area contributed by atoms with Crippen molar-refractivity contribution in [2.45, 2.75) is 13.8 Å². The molecule has 0 bridgehead atoms. The monoisotopic (exact) mass is 215 g/mol. The van der Waals surface area contributed by atoms with Crippen molar-refractivity contribution in [2.75, 3.05) is 5.73 Å². The van der Waals surface area contributed by atoms with Gasteiger partial charge in [0.15, 0.2) is 0 Å². The van der Waals surface area contributed by atoms with Gasteiger partial charge in [0.2, 0.25) is 0 Å². The smallest absolute Gasteiger partial charge is 0.267 e. The molecule has 0 heterocycles. The minimum atomic E-state index is -0.449. The molecule has 0 aliphatic rings. The van der Waals surface area contributed by atoms with E-state index in [2.05, 4.69) is 0 Å². The number of amides is 1. The molecule has 0 unspecified atom stereocenters. The van der Waals surface area contributed by atoms with E-state index in [1.165, 1.54) is 0 Å². The number of carbonyl (C=O) groups is 1. The molecule has 0 aromatic heterocycles. The number of nitrogen functional groups attached to an aromatic ring is 2. The Morgan fingerprint density at radius 1 is 1.43 bits per heavy atom. The van der Waals surface area contributed by atoms with E-state index in [1.807, 2.05) is 19.3 Å². The van der Waals surface area contributed by atoms with Crippen molar-refractivity contribution < 1.29 is 4.79 Å². The molecule has 0 saturated carbocycles. The molecule has 1 amide bonds. The fraction of sp³-hybridized carbons (Fsp3) is 0.222. The van der Waals surface area contributed by atoms with Crippen LogP contribution in [-0.4, -0.2) is 5.91 Å². The largest absolute Gasteiger partial charge is 0.397 e. The number of para-hydroxylation sites is 1. The maximum absolute atomic E-state index is 11.0. The van der Waals surface area contributed by atoms with Crippen LogP contribution in [0.25, 0.3) is 0 Å². The highest BCUT2D eigenvalue weighted by molar-refractivity contribution is 6.33. The van der Waals surface area contributed by atoms with Crippen molar-refractivity contribution in [3.63, 3.8) is 0 Å². The van der Waals surface area contributed by atoms with Gasteiger partial charge in [0, 0.05) is 0 Å². The number of nitrogens with two attached hydrogens (primary N) is 2. The van der Waals surface area contributed by atoms with Gasteiger partial charge in [-0.1, -0.05) is 31.5 Å². The maximum Gasteiger partial charge on any atom is 0.267 e. The topological polar surface area (TPSA) is 81.1 Å². The molecule has 5 heteroatoms. The van der Waals surface area contributed by atoms with Crippen LogP contribution in [0.5, 0.6) is 0 Å². The van der Waals surface area contributed by atoms with Gasteiger partial charge in [0.25, 0.3) is 5.91 Å². The molecule has 0 saturated heterocycles. The average Bonchev–Trinajstić information content (AvgIpc) is 2.24. The predicted octanol–water partition coefficient (Wildman–Crippen LogP) is 1.55. The molecule has 1 rings (SSSR count). The number of benzene rings is 1. The number of anilines is 1. The molecule has 5 N–H and O–H groups in total. The van der Waals surface area contributed by atoms with Crippen molar-refractivity contribution in [3.8, 4) is 0 Å². The number of halogens is 1. The van der Waals surface area contributed by atoms with Crippen LogP contribution in [0.3, 0.4) is 0 Å². The van der Waals surface area contributed by atoms with Crippen LogP contribution in [0.4, 0.5) is 5.69 Å². The second kappa shape index (κ2) is 6.23. The zero-order valence-corrected chi connectivity index (χ0v) is 8.93. The van der Waals surface area contributed by atoms with Crippen molar-refractivity contribution in [3.05, 3.63) is 28.8 Å². The summed E-state index contributed by atoms with van der Waals surface area (Å²) < 4.78 is 0. The molecule has 78 valence electrons. The van der Waals surface area contributed by atoms with E-state index in [9.17, 15) is 4.79 Å². The number of nitrogens with one attached hydrogen (secondary N) is 1. The fourth-order valence-electron chi connectivity index (χ4n) is 0.813. The van der Waals surface area contributed by atoms with E-state index in [4.69, 9.17) is 23.2 Å². The zero-order chi connectivity index (χ0) is 11.1. The van der Waals surface area contributed by atoms with E-state index in [0.717, 1.165) is 0 Å². The number of hydrazine groups is 1. The molecular weight excluding hydrogens is 202 g/mol. The Labute approximate surface area is 88.2 Å². The lowest BCUT2D eigenvalue weighted by molar-refractivity contribution is 0.0954. The highest BCUT2D eigenvalue weighted by Crippen LogP contribution is 2.21. The summed E-state index contributed by atoms with van der Waals surface area (Å²) in [4.78, 5) is 11.0. The summed E-state index contributed by atoms with van der Waals surface area (Å²) in [5, 5.41) is 0.344. The van der Waals surface area contributed by atoms with E-state index in [0.29, 0.717) is 5.02 Å². The van der Waals surface area contributed by atoms with E-state index in [-0.39, 0.29) is 11.3 Å². The number of rotatable bonds is 1. The van der Waals surface area contributed by atoms with Gasteiger partial charge in [-0.15, -0.1) is 0 Å². The molecule has 0 fully saturated rings. The van der Waals surface area contributed by atoms with Gasteiger partial charge in [0.05, 0.1) is 16.3 Å². The Morgan fingerprint density at radius 3 is 2.50 bits per heavy atom. The SMILES string of the molecule is CC.NNC(=O)c1cccc(Cl)c1N. The second-order valence-corrected chi connectivity index (χ2v) is 2.58. The first kappa shape index (κ1) is 12.7. The molecular formula is C9H14ClN3O. The zero-order valence-electron chi connectivity index (χ0n) is 8.17. The molecule has 0 atom stereocenters. The van der Waals surface area contributed by atoms with E-state index in [1.54, 1.807) is 18.2 Å². The van der Waals surface area contributed by atoms with Crippen molar-refractivity contribution >= 4 is 23.2 Å². The third kappa shape index (κ3) is 2.90. The maximum atomic E-state index is 11.0. The van der Waals surface area contributed by atoms with Gasteiger partial charge in [-0.05, 0) is 12.1 Å². The molecule has 0 aliphatic heterocycles. The van der Waals surface area contributed by atoms with Crippen molar-refractivity contribution in [1.82, 2.24) is 5.43 Å². The molecule has 0 aliphatic carbocycles. The Kier molecular flexibility index (Phi) is 5.67. The lowest BCUT2D eigenvalue weighted by Crippen LogP contribution is -2.30. The van der Waals surface area contributed by atoms with Gasteiger partial charge in [0.1, 0.15) is 0 Å². The highest BCUT2D eigenvalue weighted by Gasteiger charge is 2.09. The molecule has 1 aromatic rings. The van der Waals surface area contributed by atoms with Crippen LogP contribution in [-0.2, 0) is 0 Å². The third-order valence-corrected chi connectivity index (χ3v) is 1.76. The minimum absolute atomic E-state index is 0.238. The van der Waals surface area contributed by atoms with Gasteiger partial charge in [-0.25, -0.2) is 5.84 Å². The summed E-state index contributed by atoms with van der Waals surface area (Å²) in [7, 11) is 0. The van der Waals surface area contributed by atoms with Crippen LogP contribution < -0.4 is 17.0 Å². The van der Waals surface area contributed by atoms with Gasteiger partial charge in [-0.2, -0.15) is 0 Å². The highest BCUT2D eigenvalue weighted by atomic mass is 35.5. The summed E-state index contributed by atoms with van der Waals surface area (Å²) in [6, 6.07) is 4.77. The van der Waals surface area contributed by atoms with Gasteiger partial charge >= 0.3 is 0 Å². The van der Waals surface area contributed by atoms with Crippen LogP contribution in [0.2, 0.25) is 5.02 Å². The second-order valence-electron chi connectivity index (χ2n) is 2.17. The summed E-state index contributed by atoms with van der Waals surface area (Å²) in [6.07, 6.45) is 0. The quantitative estimate of drug-likeness (QED) is 0.288. The summed E-state index contributed by atoms with van der Waals surface area (Å²) >= 11 is 5.67. The Morgan fingerprint density at radius 2 is 2.00 bits per heavy atom. The standard InChI is InChI=1S/C7H8ClN3O.C2H6/c8-5-3-1-2-4(6(5)9)7(12)11-10;1-2/h1-3H,9-10H2,(H,11,12);1-2H3. The first-order chi connectivity index (χ1) is 6.66. The molecule has 0 radical (unpaired) electrons. The van der Waals surface area contributed by atoms with Crippen LogP contribution in [0.1, 0.15) is 24.2 Å². The third-order valence-electron chi connectivity index (χ3n) is 1.43. The molecule has 1 aromatic carbocycles. The summed E-state index contributed by atoms with van der Waals surface area (Å²) in [5.41, 5.74) is 8.00. The normalized spacial score (nSPS) is 8.57. The lowest BCUT2D eigenvalue weighted by atomic mass is 10.2. The molecule has 14 heavy (non-hydrogen) atoms. The Hall–Kier alpha value is -1.26. The lowest BCUT2D eigenvalue weighted by Gasteiger charge is -2.04. The fourth-order valence-corrected chi connectivity index (χ4v) is 0.987. The summed E-state index contributed by atoms with van der Waals surface area (Å²) in [6.45, 7) is 4.00. The van der Waals surface area contributed by atoms with E-state index < -0.39 is 5.91 Å². The first-order valence-electron chi connectivity index (χ1n) is 4.21. The number of carbonyl (C=O) groups excluding carboxylic acids is 1. The van der Waals surface area contributed by atoms with Crippen molar-refractivity contribution in [1.29, 1.82) is 0 Å². The Balaban J connectivity index is 0.000000791. The van der Waals surface area contributed by atoms with Gasteiger partial charge < -0.3 is 5.73 Å². The number of hydrogen-bond acceptors (Lipinski definition) is 3. The first-order valence-corrected chi connectivity index (χ1v) is 4.59.